The van der Waals surface area contributed by atoms with Crippen LogP contribution in [0.1, 0.15) is 29.6 Å². The number of carbonyl (C=O) groups excluding carboxylic acids is 1. The highest BCUT2D eigenvalue weighted by Crippen LogP contribution is 2.30. The third-order valence-electron chi connectivity index (χ3n) is 4.66. The fourth-order valence-electron chi connectivity index (χ4n) is 3.56. The molecule has 5 nitrogen and oxygen atoms in total. The van der Waals surface area contributed by atoms with E-state index in [1.807, 2.05) is 4.90 Å². The number of piperidine rings is 2. The van der Waals surface area contributed by atoms with Crippen LogP contribution in [0.3, 0.4) is 0 Å². The smallest absolute Gasteiger partial charge is 0.255 e. The molecule has 1 aromatic rings. The van der Waals surface area contributed by atoms with Gasteiger partial charge in [0.2, 0.25) is 5.56 Å². The molecule has 2 saturated heterocycles. The van der Waals surface area contributed by atoms with E-state index in [-0.39, 0.29) is 11.5 Å². The Morgan fingerprint density at radius 1 is 1.30 bits per heavy atom. The summed E-state index contributed by atoms with van der Waals surface area (Å²) >= 11 is 0. The largest absolute Gasteiger partial charge is 0.338 e. The lowest BCUT2D eigenvalue weighted by Gasteiger charge is -2.45. The summed E-state index contributed by atoms with van der Waals surface area (Å²) in [6.07, 6.45) is 5.00. The van der Waals surface area contributed by atoms with Crippen LogP contribution >= 0.6 is 0 Å². The van der Waals surface area contributed by atoms with Gasteiger partial charge in [0.05, 0.1) is 5.56 Å². The molecule has 5 heteroatoms. The predicted molar refractivity (Wildman–Crippen MR) is 76.7 cm³/mol. The average Bonchev–Trinajstić information content (AvgIpc) is 2.47. The number of nitrogens with one attached hydrogen (secondary N) is 1. The molecule has 2 unspecified atom stereocenters. The molecule has 0 radical (unpaired) electrons. The minimum Gasteiger partial charge on any atom is -0.338 e. The second-order valence-electron chi connectivity index (χ2n) is 5.93. The van der Waals surface area contributed by atoms with Crippen LogP contribution in [0.5, 0.6) is 0 Å². The molecule has 3 rings (SSSR count). The average molecular weight is 275 g/mol. The van der Waals surface area contributed by atoms with Crippen molar-refractivity contribution in [1.29, 1.82) is 0 Å². The van der Waals surface area contributed by atoms with E-state index in [1.165, 1.54) is 31.6 Å². The number of aromatic amines is 1. The van der Waals surface area contributed by atoms with E-state index in [1.54, 1.807) is 6.07 Å². The Balaban J connectivity index is 1.71. The van der Waals surface area contributed by atoms with Crippen LogP contribution in [-0.4, -0.2) is 53.4 Å². The van der Waals surface area contributed by atoms with Crippen molar-refractivity contribution in [2.75, 3.05) is 26.7 Å². The molecule has 1 N–H and O–H groups in total. The molecule has 0 aliphatic carbocycles. The normalized spacial score (nSPS) is 27.1. The second-order valence-corrected chi connectivity index (χ2v) is 5.93. The summed E-state index contributed by atoms with van der Waals surface area (Å²) in [6.45, 7) is 2.82. The predicted octanol–water partition coefficient (Wildman–Crippen LogP) is 0.931. The van der Waals surface area contributed by atoms with Gasteiger partial charge in [-0.3, -0.25) is 9.59 Å². The van der Waals surface area contributed by atoms with Crippen LogP contribution in [0.2, 0.25) is 0 Å². The number of fused-ring (bicyclic) bond motifs is 1. The summed E-state index contributed by atoms with van der Waals surface area (Å²) < 4.78 is 0. The molecular formula is C15H21N3O2. The fraction of sp³-hybridized carbons (Fsp3) is 0.600. The zero-order valence-electron chi connectivity index (χ0n) is 11.8. The van der Waals surface area contributed by atoms with E-state index >= 15 is 0 Å². The molecule has 2 atom stereocenters. The summed E-state index contributed by atoms with van der Waals surface area (Å²) in [5.41, 5.74) is 0.404. The lowest BCUT2D eigenvalue weighted by atomic mass is 9.84. The number of aromatic nitrogens is 1. The fourth-order valence-corrected chi connectivity index (χ4v) is 3.56. The van der Waals surface area contributed by atoms with Crippen molar-refractivity contribution in [2.24, 2.45) is 5.92 Å². The number of amides is 1. The first-order valence-electron chi connectivity index (χ1n) is 7.33. The highest BCUT2D eigenvalue weighted by atomic mass is 16.2. The molecule has 0 saturated carbocycles. The molecule has 3 heterocycles. The number of carbonyl (C=O) groups is 1. The third-order valence-corrected chi connectivity index (χ3v) is 4.66. The lowest BCUT2D eigenvalue weighted by molar-refractivity contribution is 0.0316. The number of pyridine rings is 1. The van der Waals surface area contributed by atoms with E-state index in [9.17, 15) is 9.59 Å². The lowest BCUT2D eigenvalue weighted by Crippen LogP contribution is -2.53. The standard InChI is InChI=1S/C15H21N3O2/c1-17-7-2-3-12-10-18(8-6-13(12)17)15(20)11-4-5-14(19)16-9-11/h4-5,9,12-13H,2-3,6-8,10H2,1H3,(H,16,19). The topological polar surface area (TPSA) is 56.4 Å². The maximum atomic E-state index is 12.5. The van der Waals surface area contributed by atoms with Gasteiger partial charge in [-0.05, 0) is 44.8 Å². The van der Waals surface area contributed by atoms with E-state index < -0.39 is 0 Å². The number of H-pyrrole nitrogens is 1. The molecule has 0 aromatic carbocycles. The van der Waals surface area contributed by atoms with Gasteiger partial charge < -0.3 is 14.8 Å². The van der Waals surface area contributed by atoms with Gasteiger partial charge in [-0.1, -0.05) is 0 Å². The zero-order valence-corrected chi connectivity index (χ0v) is 11.8. The first-order valence-corrected chi connectivity index (χ1v) is 7.33. The highest BCUT2D eigenvalue weighted by Gasteiger charge is 2.35. The minimum atomic E-state index is -0.172. The monoisotopic (exact) mass is 275 g/mol. The molecule has 20 heavy (non-hydrogen) atoms. The molecule has 1 amide bonds. The zero-order chi connectivity index (χ0) is 14.1. The van der Waals surface area contributed by atoms with Gasteiger partial charge in [-0.2, -0.15) is 0 Å². The van der Waals surface area contributed by atoms with Crippen molar-refractivity contribution in [1.82, 2.24) is 14.8 Å². The summed E-state index contributed by atoms with van der Waals surface area (Å²) in [4.78, 5) is 30.5. The quantitative estimate of drug-likeness (QED) is 0.829. The Hall–Kier alpha value is -1.62. The Kier molecular flexibility index (Phi) is 3.61. The number of hydrogen-bond acceptors (Lipinski definition) is 3. The molecule has 2 aliphatic rings. The van der Waals surface area contributed by atoms with E-state index in [0.717, 1.165) is 19.5 Å². The summed E-state index contributed by atoms with van der Waals surface area (Å²) in [7, 11) is 2.19. The number of likely N-dealkylation sites (tertiary alicyclic amines) is 2. The number of hydrogen-bond donors (Lipinski definition) is 1. The maximum absolute atomic E-state index is 12.5. The van der Waals surface area contributed by atoms with E-state index in [4.69, 9.17) is 0 Å². The van der Waals surface area contributed by atoms with E-state index in [0.29, 0.717) is 17.5 Å². The molecule has 0 bridgehead atoms. The van der Waals surface area contributed by atoms with Crippen LogP contribution in [0.25, 0.3) is 0 Å². The van der Waals surface area contributed by atoms with Gasteiger partial charge >= 0.3 is 0 Å². The van der Waals surface area contributed by atoms with Gasteiger partial charge in [0, 0.05) is 31.4 Å². The Morgan fingerprint density at radius 3 is 2.90 bits per heavy atom. The first-order chi connectivity index (χ1) is 9.65. The van der Waals surface area contributed by atoms with Gasteiger partial charge in [0.15, 0.2) is 0 Å². The molecule has 2 aliphatic heterocycles. The Bertz CT molecular complexity index is 534. The maximum Gasteiger partial charge on any atom is 0.255 e. The van der Waals surface area contributed by atoms with Crippen molar-refractivity contribution in [3.63, 3.8) is 0 Å². The van der Waals surface area contributed by atoms with Gasteiger partial charge in [0.25, 0.3) is 5.91 Å². The van der Waals surface area contributed by atoms with Crippen LogP contribution in [0, 0.1) is 5.92 Å². The molecule has 1 aromatic heterocycles. The van der Waals surface area contributed by atoms with Gasteiger partial charge in [-0.25, -0.2) is 0 Å². The van der Waals surface area contributed by atoms with Gasteiger partial charge in [-0.15, -0.1) is 0 Å². The van der Waals surface area contributed by atoms with Crippen molar-refractivity contribution in [3.8, 4) is 0 Å². The van der Waals surface area contributed by atoms with Crippen LogP contribution in [0.4, 0.5) is 0 Å². The van der Waals surface area contributed by atoms with Crippen molar-refractivity contribution in [3.05, 3.63) is 34.2 Å². The van der Waals surface area contributed by atoms with Crippen LogP contribution in [0.15, 0.2) is 23.1 Å². The van der Waals surface area contributed by atoms with Crippen molar-refractivity contribution >= 4 is 5.91 Å². The minimum absolute atomic E-state index is 0.0351. The van der Waals surface area contributed by atoms with Gasteiger partial charge in [0.1, 0.15) is 0 Å². The molecule has 108 valence electrons. The third kappa shape index (κ3) is 2.50. The van der Waals surface area contributed by atoms with Crippen molar-refractivity contribution in [2.45, 2.75) is 25.3 Å². The molecular weight excluding hydrogens is 254 g/mol. The first kappa shape index (κ1) is 13.4. The Labute approximate surface area is 118 Å². The summed E-state index contributed by atoms with van der Waals surface area (Å²) in [5, 5.41) is 0. The molecule has 0 spiro atoms. The van der Waals surface area contributed by atoms with Crippen LogP contribution in [-0.2, 0) is 0 Å². The Morgan fingerprint density at radius 2 is 2.15 bits per heavy atom. The SMILES string of the molecule is CN1CCCC2CN(C(=O)c3ccc(=O)[nH]c3)CCC21. The van der Waals surface area contributed by atoms with E-state index in [2.05, 4.69) is 16.9 Å². The second kappa shape index (κ2) is 5.40. The molecule has 2 fully saturated rings. The van der Waals surface area contributed by atoms with Crippen LogP contribution < -0.4 is 5.56 Å². The summed E-state index contributed by atoms with van der Waals surface area (Å²) in [5.74, 6) is 0.627. The summed E-state index contributed by atoms with van der Waals surface area (Å²) in [6, 6.07) is 3.65. The number of nitrogens with zero attached hydrogens (tertiary/aromatic N) is 2. The van der Waals surface area contributed by atoms with Crippen molar-refractivity contribution < 1.29 is 4.79 Å². The number of rotatable bonds is 1. The highest BCUT2D eigenvalue weighted by molar-refractivity contribution is 5.93.